The standard InChI is InChI=1S/C25H25N3O5S/c1-17(29)27-13-14-28(25(30)26-20-5-4-6-21(16-20)33-2)24-15-19(9-12-23(24)27)18-7-10-22(11-8-18)34(3,31)32/h4-12,15-16H,13-14H2,1-3H3,(H,26,30). The molecule has 1 aliphatic rings. The van der Waals surface area contributed by atoms with Crippen molar-refractivity contribution in [3.8, 4) is 16.9 Å². The van der Waals surface area contributed by atoms with Crippen molar-refractivity contribution in [2.24, 2.45) is 0 Å². The molecule has 8 nitrogen and oxygen atoms in total. The lowest BCUT2D eigenvalue weighted by Crippen LogP contribution is -2.47. The third-order valence-corrected chi connectivity index (χ3v) is 6.79. The number of benzene rings is 3. The molecule has 3 amide bonds. The number of ether oxygens (including phenoxy) is 1. The molecule has 34 heavy (non-hydrogen) atoms. The summed E-state index contributed by atoms with van der Waals surface area (Å²) < 4.78 is 28.8. The topological polar surface area (TPSA) is 96.0 Å². The number of hydrogen-bond donors (Lipinski definition) is 1. The first-order valence-corrected chi connectivity index (χ1v) is 12.5. The van der Waals surface area contributed by atoms with Gasteiger partial charge in [-0.15, -0.1) is 0 Å². The smallest absolute Gasteiger partial charge is 0.326 e. The fraction of sp³-hybridized carbons (Fsp3) is 0.200. The van der Waals surface area contributed by atoms with Crippen molar-refractivity contribution in [3.63, 3.8) is 0 Å². The number of hydrogen-bond acceptors (Lipinski definition) is 5. The number of carbonyl (C=O) groups excluding carboxylic acids is 2. The van der Waals surface area contributed by atoms with Crippen LogP contribution in [0.4, 0.5) is 21.9 Å². The van der Waals surface area contributed by atoms with Crippen molar-refractivity contribution < 1.29 is 22.7 Å². The molecule has 3 aromatic rings. The van der Waals surface area contributed by atoms with Gasteiger partial charge in [-0.05, 0) is 47.5 Å². The van der Waals surface area contributed by atoms with Gasteiger partial charge in [-0.2, -0.15) is 0 Å². The molecule has 1 N–H and O–H groups in total. The number of nitrogens with one attached hydrogen (secondary N) is 1. The molecule has 9 heteroatoms. The van der Waals surface area contributed by atoms with E-state index in [1.165, 1.54) is 6.92 Å². The van der Waals surface area contributed by atoms with Gasteiger partial charge in [-0.3, -0.25) is 9.69 Å². The highest BCUT2D eigenvalue weighted by atomic mass is 32.2. The Morgan fingerprint density at radius 3 is 2.21 bits per heavy atom. The molecule has 0 unspecified atom stereocenters. The molecule has 0 aromatic heterocycles. The minimum Gasteiger partial charge on any atom is -0.497 e. The van der Waals surface area contributed by atoms with Crippen LogP contribution in [0.3, 0.4) is 0 Å². The summed E-state index contributed by atoms with van der Waals surface area (Å²) >= 11 is 0. The molecule has 0 radical (unpaired) electrons. The van der Waals surface area contributed by atoms with E-state index in [1.807, 2.05) is 18.2 Å². The maximum absolute atomic E-state index is 13.2. The highest BCUT2D eigenvalue weighted by Crippen LogP contribution is 2.37. The Kier molecular flexibility index (Phi) is 6.30. The molecule has 0 atom stereocenters. The number of amides is 3. The highest BCUT2D eigenvalue weighted by molar-refractivity contribution is 7.90. The summed E-state index contributed by atoms with van der Waals surface area (Å²) in [5, 5.41) is 2.89. The van der Waals surface area contributed by atoms with Crippen LogP contribution in [-0.4, -0.2) is 46.8 Å². The normalized spacial score (nSPS) is 13.3. The number of methoxy groups -OCH3 is 1. The molecule has 1 heterocycles. The number of sulfone groups is 1. The van der Waals surface area contributed by atoms with Gasteiger partial charge in [-0.25, -0.2) is 13.2 Å². The Hall–Kier alpha value is -3.85. The van der Waals surface area contributed by atoms with Crippen LogP contribution in [0.1, 0.15) is 6.92 Å². The van der Waals surface area contributed by atoms with Gasteiger partial charge in [0.15, 0.2) is 9.84 Å². The predicted octanol–water partition coefficient (Wildman–Crippen LogP) is 4.17. The monoisotopic (exact) mass is 479 g/mol. The second-order valence-corrected chi connectivity index (χ2v) is 10.0. The summed E-state index contributed by atoms with van der Waals surface area (Å²) in [5.74, 6) is 0.513. The molecule has 176 valence electrons. The Bertz CT molecular complexity index is 1350. The lowest BCUT2D eigenvalue weighted by molar-refractivity contribution is -0.116. The van der Waals surface area contributed by atoms with E-state index in [0.29, 0.717) is 35.9 Å². The van der Waals surface area contributed by atoms with E-state index in [9.17, 15) is 18.0 Å². The molecule has 0 spiro atoms. The largest absolute Gasteiger partial charge is 0.497 e. The molecule has 3 aromatic carbocycles. The summed E-state index contributed by atoms with van der Waals surface area (Å²) in [6.07, 6.45) is 1.16. The van der Waals surface area contributed by atoms with Crippen molar-refractivity contribution in [2.75, 3.05) is 41.6 Å². The van der Waals surface area contributed by atoms with E-state index in [2.05, 4.69) is 5.32 Å². The van der Waals surface area contributed by atoms with Gasteiger partial charge in [0.2, 0.25) is 5.91 Å². The lowest BCUT2D eigenvalue weighted by Gasteiger charge is -2.36. The fourth-order valence-corrected chi connectivity index (χ4v) is 4.54. The number of nitrogens with zero attached hydrogens (tertiary/aromatic N) is 2. The molecule has 0 bridgehead atoms. The highest BCUT2D eigenvalue weighted by Gasteiger charge is 2.29. The molecule has 1 aliphatic heterocycles. The number of carbonyl (C=O) groups is 2. The Labute approximate surface area is 198 Å². The van der Waals surface area contributed by atoms with Gasteiger partial charge in [0.05, 0.1) is 23.4 Å². The molecule has 0 fully saturated rings. The van der Waals surface area contributed by atoms with E-state index in [4.69, 9.17) is 4.74 Å². The summed E-state index contributed by atoms with van der Waals surface area (Å²) in [4.78, 5) is 28.9. The molecular formula is C25H25N3O5S. The van der Waals surface area contributed by atoms with Gasteiger partial charge in [0.1, 0.15) is 5.75 Å². The first-order valence-electron chi connectivity index (χ1n) is 10.6. The molecule has 0 saturated carbocycles. The average molecular weight is 480 g/mol. The minimum absolute atomic E-state index is 0.112. The van der Waals surface area contributed by atoms with Gasteiger partial charge < -0.3 is 15.0 Å². The van der Waals surface area contributed by atoms with E-state index < -0.39 is 9.84 Å². The van der Waals surface area contributed by atoms with Crippen LogP contribution < -0.4 is 19.9 Å². The van der Waals surface area contributed by atoms with Crippen LogP contribution in [0.5, 0.6) is 5.75 Å². The fourth-order valence-electron chi connectivity index (χ4n) is 3.91. The Balaban J connectivity index is 1.70. The molecule has 0 saturated heterocycles. The first kappa shape index (κ1) is 23.3. The molecule has 4 rings (SSSR count). The molecular weight excluding hydrogens is 454 g/mol. The van der Waals surface area contributed by atoms with Gasteiger partial charge in [-0.1, -0.05) is 24.3 Å². The van der Waals surface area contributed by atoms with Crippen molar-refractivity contribution in [3.05, 3.63) is 66.7 Å². The number of fused-ring (bicyclic) bond motifs is 1. The van der Waals surface area contributed by atoms with E-state index >= 15 is 0 Å². The maximum atomic E-state index is 13.2. The first-order chi connectivity index (χ1) is 16.2. The summed E-state index contributed by atoms with van der Waals surface area (Å²) in [5.41, 5.74) is 3.40. The van der Waals surface area contributed by atoms with E-state index in [-0.39, 0.29) is 16.8 Å². The number of rotatable bonds is 4. The zero-order valence-corrected chi connectivity index (χ0v) is 19.9. The second kappa shape index (κ2) is 9.18. The Morgan fingerprint density at radius 2 is 1.56 bits per heavy atom. The van der Waals surface area contributed by atoms with Crippen molar-refractivity contribution in [1.29, 1.82) is 0 Å². The lowest BCUT2D eigenvalue weighted by atomic mass is 10.0. The zero-order chi connectivity index (χ0) is 24.5. The van der Waals surface area contributed by atoms with Gasteiger partial charge >= 0.3 is 6.03 Å². The number of urea groups is 1. The third-order valence-electron chi connectivity index (χ3n) is 5.67. The zero-order valence-electron chi connectivity index (χ0n) is 19.1. The summed E-state index contributed by atoms with van der Waals surface area (Å²) in [6, 6.07) is 18.8. The van der Waals surface area contributed by atoms with E-state index in [0.717, 1.165) is 17.4 Å². The average Bonchev–Trinajstić information content (AvgIpc) is 2.82. The number of anilines is 3. The van der Waals surface area contributed by atoms with Crippen LogP contribution in [0.25, 0.3) is 11.1 Å². The quantitative estimate of drug-likeness (QED) is 0.606. The SMILES string of the molecule is COc1cccc(NC(=O)N2CCN(C(C)=O)c3ccc(-c4ccc(S(C)(=O)=O)cc4)cc32)c1. The van der Waals surface area contributed by atoms with Crippen LogP contribution in [0.2, 0.25) is 0 Å². The predicted molar refractivity (Wildman–Crippen MR) is 132 cm³/mol. The van der Waals surface area contributed by atoms with Gasteiger partial charge in [0.25, 0.3) is 0 Å². The van der Waals surface area contributed by atoms with Crippen molar-refractivity contribution >= 4 is 38.8 Å². The van der Waals surface area contributed by atoms with E-state index in [1.54, 1.807) is 65.4 Å². The summed E-state index contributed by atoms with van der Waals surface area (Å²) in [6.45, 7) is 2.18. The minimum atomic E-state index is -3.30. The molecule has 0 aliphatic carbocycles. The maximum Gasteiger partial charge on any atom is 0.326 e. The summed E-state index contributed by atoms with van der Waals surface area (Å²) in [7, 11) is -1.74. The van der Waals surface area contributed by atoms with Crippen molar-refractivity contribution in [2.45, 2.75) is 11.8 Å². The third kappa shape index (κ3) is 4.74. The van der Waals surface area contributed by atoms with Crippen LogP contribution in [0.15, 0.2) is 71.6 Å². The second-order valence-electron chi connectivity index (χ2n) is 7.98. The van der Waals surface area contributed by atoms with Crippen LogP contribution in [0, 0.1) is 0 Å². The Morgan fingerprint density at radius 1 is 0.882 bits per heavy atom. The van der Waals surface area contributed by atoms with Crippen LogP contribution in [-0.2, 0) is 14.6 Å². The van der Waals surface area contributed by atoms with Crippen LogP contribution >= 0.6 is 0 Å². The van der Waals surface area contributed by atoms with Crippen molar-refractivity contribution in [1.82, 2.24) is 0 Å². The van der Waals surface area contributed by atoms with Gasteiger partial charge in [0, 0.05) is 38.0 Å².